The zero-order chi connectivity index (χ0) is 15.4. The van der Waals surface area contributed by atoms with E-state index in [0.717, 1.165) is 25.7 Å². The van der Waals surface area contributed by atoms with E-state index in [2.05, 4.69) is 11.9 Å². The first-order valence-corrected chi connectivity index (χ1v) is 9.43. The first kappa shape index (κ1) is 19.4. The first-order chi connectivity index (χ1) is 9.33. The van der Waals surface area contributed by atoms with Gasteiger partial charge in [0, 0.05) is 38.2 Å². The van der Waals surface area contributed by atoms with Gasteiger partial charge in [0.15, 0.2) is 7.37 Å². The Morgan fingerprint density at radius 2 is 1.80 bits per heavy atom. The van der Waals surface area contributed by atoms with Crippen molar-refractivity contribution in [1.29, 1.82) is 0 Å². The number of amides is 1. The number of carbonyl (C=O) groups excluding carboxylic acids is 1. The Balaban J connectivity index is 3.20. The Labute approximate surface area is 122 Å². The van der Waals surface area contributed by atoms with Gasteiger partial charge in [-0.15, -0.1) is 0 Å². The standard InChI is InChI=1S/C14H28NO4P/c1-13(2)14(16)15-9-6-4-5-7-10-19-11-8-12-20(3,17)18/h1,4-12H2,2-3H3,(H,15,16)(H,17,18). The second kappa shape index (κ2) is 11.1. The van der Waals surface area contributed by atoms with Crippen molar-refractivity contribution in [3.8, 4) is 0 Å². The van der Waals surface area contributed by atoms with Crippen molar-refractivity contribution >= 4 is 13.3 Å². The molecular formula is C14H28NO4P. The average Bonchev–Trinajstić information content (AvgIpc) is 2.34. The van der Waals surface area contributed by atoms with Crippen LogP contribution in [0, 0.1) is 0 Å². The third kappa shape index (κ3) is 13.8. The summed E-state index contributed by atoms with van der Waals surface area (Å²) < 4.78 is 16.4. The van der Waals surface area contributed by atoms with Crippen LogP contribution in [0.4, 0.5) is 0 Å². The number of hydrogen-bond donors (Lipinski definition) is 2. The van der Waals surface area contributed by atoms with E-state index in [9.17, 15) is 9.36 Å². The van der Waals surface area contributed by atoms with Gasteiger partial charge in [-0.3, -0.25) is 9.36 Å². The summed E-state index contributed by atoms with van der Waals surface area (Å²) in [6.07, 6.45) is 5.03. The van der Waals surface area contributed by atoms with E-state index in [0.29, 0.717) is 37.9 Å². The molecule has 0 aliphatic carbocycles. The quantitative estimate of drug-likeness (QED) is 0.330. The van der Waals surface area contributed by atoms with Crippen LogP contribution in [-0.2, 0) is 14.1 Å². The highest BCUT2D eigenvalue weighted by Gasteiger charge is 2.07. The maximum Gasteiger partial charge on any atom is 0.246 e. The fourth-order valence-electron chi connectivity index (χ4n) is 1.60. The summed E-state index contributed by atoms with van der Waals surface area (Å²) in [5, 5.41) is 2.80. The summed E-state index contributed by atoms with van der Waals surface area (Å²) in [4.78, 5) is 20.3. The molecule has 0 aromatic heterocycles. The summed E-state index contributed by atoms with van der Waals surface area (Å²) in [7, 11) is -2.88. The van der Waals surface area contributed by atoms with Crippen molar-refractivity contribution in [3.63, 3.8) is 0 Å². The highest BCUT2D eigenvalue weighted by Crippen LogP contribution is 2.35. The number of rotatable bonds is 12. The van der Waals surface area contributed by atoms with Crippen LogP contribution in [0.5, 0.6) is 0 Å². The predicted molar refractivity (Wildman–Crippen MR) is 82.3 cm³/mol. The van der Waals surface area contributed by atoms with Crippen LogP contribution >= 0.6 is 7.37 Å². The van der Waals surface area contributed by atoms with E-state index >= 15 is 0 Å². The van der Waals surface area contributed by atoms with Gasteiger partial charge in [0.1, 0.15) is 0 Å². The summed E-state index contributed by atoms with van der Waals surface area (Å²) in [5.41, 5.74) is 0.540. The topological polar surface area (TPSA) is 75.6 Å². The summed E-state index contributed by atoms with van der Waals surface area (Å²) in [6, 6.07) is 0. The highest BCUT2D eigenvalue weighted by atomic mass is 31.2. The minimum Gasteiger partial charge on any atom is -0.381 e. The Kier molecular flexibility index (Phi) is 10.7. The molecule has 0 fully saturated rings. The summed E-state index contributed by atoms with van der Waals surface area (Å²) >= 11 is 0. The maximum absolute atomic E-state index is 11.2. The number of nitrogens with one attached hydrogen (secondary N) is 1. The first-order valence-electron chi connectivity index (χ1n) is 7.13. The summed E-state index contributed by atoms with van der Waals surface area (Å²) in [6.45, 7) is 8.57. The van der Waals surface area contributed by atoms with E-state index in [1.807, 2.05) is 0 Å². The largest absolute Gasteiger partial charge is 0.381 e. The van der Waals surface area contributed by atoms with E-state index in [1.54, 1.807) is 6.92 Å². The van der Waals surface area contributed by atoms with Gasteiger partial charge in [-0.05, 0) is 26.2 Å². The molecular weight excluding hydrogens is 277 g/mol. The third-order valence-electron chi connectivity index (χ3n) is 2.75. The van der Waals surface area contributed by atoms with Crippen LogP contribution in [0.2, 0.25) is 0 Å². The van der Waals surface area contributed by atoms with Crippen molar-refractivity contribution in [2.75, 3.05) is 32.6 Å². The lowest BCUT2D eigenvalue weighted by atomic mass is 10.2. The van der Waals surface area contributed by atoms with Gasteiger partial charge in [-0.25, -0.2) is 0 Å². The van der Waals surface area contributed by atoms with Crippen molar-refractivity contribution < 1.29 is 19.0 Å². The van der Waals surface area contributed by atoms with Crippen molar-refractivity contribution in [3.05, 3.63) is 12.2 Å². The van der Waals surface area contributed by atoms with E-state index in [1.165, 1.54) is 6.66 Å². The molecule has 0 aromatic rings. The van der Waals surface area contributed by atoms with Gasteiger partial charge in [0.2, 0.25) is 5.91 Å². The van der Waals surface area contributed by atoms with Gasteiger partial charge in [-0.1, -0.05) is 19.4 Å². The second-order valence-electron chi connectivity index (χ2n) is 5.19. The van der Waals surface area contributed by atoms with Gasteiger partial charge >= 0.3 is 0 Å². The zero-order valence-corrected chi connectivity index (χ0v) is 13.6. The molecule has 0 aliphatic rings. The minimum absolute atomic E-state index is 0.0783. The van der Waals surface area contributed by atoms with Crippen LogP contribution in [0.15, 0.2) is 12.2 Å². The minimum atomic E-state index is -2.88. The molecule has 0 rings (SSSR count). The highest BCUT2D eigenvalue weighted by molar-refractivity contribution is 7.57. The van der Waals surface area contributed by atoms with Crippen molar-refractivity contribution in [1.82, 2.24) is 5.32 Å². The molecule has 1 atom stereocenters. The average molecular weight is 305 g/mol. The lowest BCUT2D eigenvalue weighted by Gasteiger charge is -2.07. The third-order valence-corrected chi connectivity index (χ3v) is 3.90. The molecule has 0 saturated heterocycles. The van der Waals surface area contributed by atoms with E-state index in [4.69, 9.17) is 9.63 Å². The summed E-state index contributed by atoms with van der Waals surface area (Å²) in [5.74, 6) is -0.0783. The zero-order valence-electron chi connectivity index (χ0n) is 12.7. The molecule has 2 N–H and O–H groups in total. The van der Waals surface area contributed by atoms with Gasteiger partial charge in [-0.2, -0.15) is 0 Å². The van der Waals surface area contributed by atoms with Crippen LogP contribution in [-0.4, -0.2) is 43.4 Å². The monoisotopic (exact) mass is 305 g/mol. The molecule has 1 amide bonds. The molecule has 20 heavy (non-hydrogen) atoms. The predicted octanol–water partition coefficient (Wildman–Crippen LogP) is 2.55. The molecule has 1 unspecified atom stereocenters. The van der Waals surface area contributed by atoms with Gasteiger partial charge < -0.3 is 14.9 Å². The number of unbranched alkanes of at least 4 members (excludes halogenated alkanes) is 3. The van der Waals surface area contributed by atoms with Gasteiger partial charge in [0.05, 0.1) is 0 Å². The van der Waals surface area contributed by atoms with Crippen LogP contribution < -0.4 is 5.32 Å². The molecule has 0 bridgehead atoms. The van der Waals surface area contributed by atoms with E-state index < -0.39 is 7.37 Å². The molecule has 6 heteroatoms. The molecule has 0 radical (unpaired) electrons. The lowest BCUT2D eigenvalue weighted by Crippen LogP contribution is -2.24. The smallest absolute Gasteiger partial charge is 0.246 e. The Morgan fingerprint density at radius 3 is 2.40 bits per heavy atom. The normalized spacial score (nSPS) is 13.8. The number of ether oxygens (including phenoxy) is 1. The molecule has 0 aliphatic heterocycles. The molecule has 0 saturated carbocycles. The fourth-order valence-corrected chi connectivity index (χ4v) is 2.31. The molecule has 118 valence electrons. The van der Waals surface area contributed by atoms with Crippen LogP contribution in [0.3, 0.4) is 0 Å². The van der Waals surface area contributed by atoms with Gasteiger partial charge in [0.25, 0.3) is 0 Å². The Bertz CT molecular complexity index is 338. The molecule has 0 heterocycles. The molecule has 0 spiro atoms. The number of hydrogen-bond acceptors (Lipinski definition) is 3. The maximum atomic E-state index is 11.2. The number of carbonyl (C=O) groups is 1. The molecule has 5 nitrogen and oxygen atoms in total. The van der Waals surface area contributed by atoms with Crippen LogP contribution in [0.1, 0.15) is 39.0 Å². The SMILES string of the molecule is C=C(C)C(=O)NCCCCCCOCCCP(C)(=O)O. The van der Waals surface area contributed by atoms with Crippen LogP contribution in [0.25, 0.3) is 0 Å². The molecule has 0 aromatic carbocycles. The van der Waals surface area contributed by atoms with Crippen molar-refractivity contribution in [2.24, 2.45) is 0 Å². The fraction of sp³-hybridized carbons (Fsp3) is 0.786. The van der Waals surface area contributed by atoms with E-state index in [-0.39, 0.29) is 5.91 Å². The Morgan fingerprint density at radius 1 is 1.20 bits per heavy atom. The Hall–Kier alpha value is -0.640. The van der Waals surface area contributed by atoms with Crippen molar-refractivity contribution in [2.45, 2.75) is 39.0 Å². The lowest BCUT2D eigenvalue weighted by molar-refractivity contribution is -0.117. The second-order valence-corrected chi connectivity index (χ2v) is 7.74.